The van der Waals surface area contributed by atoms with Crippen molar-refractivity contribution in [2.24, 2.45) is 0 Å². The van der Waals surface area contributed by atoms with E-state index < -0.39 is 0 Å². The van der Waals surface area contributed by atoms with Gasteiger partial charge in [-0.05, 0) is 18.1 Å². The second-order valence-corrected chi connectivity index (χ2v) is 12.6. The van der Waals surface area contributed by atoms with E-state index in [9.17, 15) is 0 Å². The molecule has 0 amide bonds. The van der Waals surface area contributed by atoms with Crippen LogP contribution in [-0.2, 0) is 4.74 Å². The monoisotopic (exact) mass is 554 g/mol. The Balaban J connectivity index is 1.20. The van der Waals surface area contributed by atoms with E-state index in [1.165, 1.54) is 178 Å². The van der Waals surface area contributed by atoms with Crippen molar-refractivity contribution in [2.45, 2.75) is 174 Å². The summed E-state index contributed by atoms with van der Waals surface area (Å²) < 4.78 is 5.98. The van der Waals surface area contributed by atoms with Crippen molar-refractivity contribution in [2.75, 3.05) is 24.8 Å². The summed E-state index contributed by atoms with van der Waals surface area (Å²) in [5, 5.41) is 0. The molecule has 0 saturated carbocycles. The van der Waals surface area contributed by atoms with Crippen LogP contribution in [0.2, 0.25) is 0 Å². The first-order valence-electron chi connectivity index (χ1n) is 18.0. The number of benzene rings is 1. The van der Waals surface area contributed by atoms with Gasteiger partial charge >= 0.3 is 0 Å². The van der Waals surface area contributed by atoms with E-state index in [1.807, 2.05) is 0 Å². The number of nitrogens with zero attached hydrogens (tertiary/aromatic N) is 1. The van der Waals surface area contributed by atoms with E-state index in [0.717, 1.165) is 13.2 Å². The summed E-state index contributed by atoms with van der Waals surface area (Å²) >= 11 is 0. The highest BCUT2D eigenvalue weighted by Crippen LogP contribution is 2.25. The van der Waals surface area contributed by atoms with Crippen molar-refractivity contribution in [3.05, 3.63) is 35.9 Å². The van der Waals surface area contributed by atoms with Crippen LogP contribution in [0.5, 0.6) is 0 Å². The maximum atomic E-state index is 5.98. The zero-order valence-electron chi connectivity index (χ0n) is 26.8. The van der Waals surface area contributed by atoms with Crippen molar-refractivity contribution < 1.29 is 4.74 Å². The summed E-state index contributed by atoms with van der Waals surface area (Å²) in [7, 11) is 0. The first kappa shape index (κ1) is 34.9. The van der Waals surface area contributed by atoms with Crippen LogP contribution in [0.3, 0.4) is 0 Å². The van der Waals surface area contributed by atoms with Crippen LogP contribution in [0.1, 0.15) is 179 Å². The van der Waals surface area contributed by atoms with Crippen LogP contribution in [0.15, 0.2) is 30.3 Å². The Labute approximate surface area is 250 Å². The number of para-hydroxylation sites is 1. The Bertz CT molecular complexity index is 698. The average Bonchev–Trinajstić information content (AvgIpc) is 2.98. The molecular weight excluding hydrogens is 486 g/mol. The predicted octanol–water partition coefficient (Wildman–Crippen LogP) is 12.7. The molecule has 1 aliphatic rings. The summed E-state index contributed by atoms with van der Waals surface area (Å²) in [5.41, 5.74) is 2.60. The molecule has 1 aromatic carbocycles. The van der Waals surface area contributed by atoms with Gasteiger partial charge in [-0.3, -0.25) is 0 Å². The number of unbranched alkanes of at least 4 members (excludes halogenated alkanes) is 25. The van der Waals surface area contributed by atoms with Gasteiger partial charge in [-0.15, -0.1) is 0 Å². The van der Waals surface area contributed by atoms with Crippen molar-refractivity contribution >= 4 is 11.8 Å². The van der Waals surface area contributed by atoms with Crippen molar-refractivity contribution in [1.82, 2.24) is 0 Å². The second kappa shape index (κ2) is 26.6. The van der Waals surface area contributed by atoms with Gasteiger partial charge < -0.3 is 9.64 Å². The highest BCUT2D eigenvalue weighted by molar-refractivity contribution is 5.70. The Morgan fingerprint density at radius 2 is 0.925 bits per heavy atom. The van der Waals surface area contributed by atoms with Gasteiger partial charge in [-0.1, -0.05) is 198 Å². The SMILES string of the molecule is CCCCCCCCCCCCCCCCCCCCCCCCCCCCOCN1CC=Cc2ccccc21. The maximum absolute atomic E-state index is 5.98. The third kappa shape index (κ3) is 19.0. The minimum atomic E-state index is 0.709. The molecule has 1 aliphatic heterocycles. The molecule has 0 unspecified atom stereocenters. The zero-order chi connectivity index (χ0) is 28.2. The number of ether oxygens (including phenoxy) is 1. The summed E-state index contributed by atoms with van der Waals surface area (Å²) in [6.45, 7) is 4.86. The molecule has 0 saturated heterocycles. The predicted molar refractivity (Wildman–Crippen MR) is 179 cm³/mol. The Hall–Kier alpha value is -1.28. The molecule has 0 fully saturated rings. The summed E-state index contributed by atoms with van der Waals surface area (Å²) in [6.07, 6.45) is 42.0. The van der Waals surface area contributed by atoms with Gasteiger partial charge in [0.05, 0.1) is 0 Å². The van der Waals surface area contributed by atoms with Crippen LogP contribution in [0, 0.1) is 0 Å². The van der Waals surface area contributed by atoms with Gasteiger partial charge in [0.15, 0.2) is 0 Å². The maximum Gasteiger partial charge on any atom is 0.119 e. The summed E-state index contributed by atoms with van der Waals surface area (Å²) in [4.78, 5) is 2.33. The van der Waals surface area contributed by atoms with Gasteiger partial charge in [0.1, 0.15) is 6.73 Å². The highest BCUT2D eigenvalue weighted by Gasteiger charge is 2.11. The number of anilines is 1. The first-order chi connectivity index (χ1) is 19.9. The molecule has 0 aliphatic carbocycles. The van der Waals surface area contributed by atoms with Crippen molar-refractivity contribution in [3.63, 3.8) is 0 Å². The molecule has 0 atom stereocenters. The molecular formula is C38H67NO. The van der Waals surface area contributed by atoms with E-state index in [2.05, 4.69) is 48.2 Å². The quantitative estimate of drug-likeness (QED) is 0.0915. The second-order valence-electron chi connectivity index (χ2n) is 12.6. The molecule has 1 aromatic rings. The van der Waals surface area contributed by atoms with Crippen LogP contribution >= 0.6 is 0 Å². The fraction of sp³-hybridized carbons (Fsp3) is 0.789. The van der Waals surface area contributed by atoms with Gasteiger partial charge in [-0.25, -0.2) is 0 Å². The topological polar surface area (TPSA) is 12.5 Å². The van der Waals surface area contributed by atoms with Gasteiger partial charge in [0, 0.05) is 18.8 Å². The third-order valence-electron chi connectivity index (χ3n) is 8.79. The van der Waals surface area contributed by atoms with E-state index in [1.54, 1.807) is 0 Å². The van der Waals surface area contributed by atoms with Crippen LogP contribution in [0.4, 0.5) is 5.69 Å². The van der Waals surface area contributed by atoms with Gasteiger partial charge in [0.25, 0.3) is 0 Å². The summed E-state index contributed by atoms with van der Waals surface area (Å²) in [6, 6.07) is 8.60. The number of rotatable bonds is 29. The molecule has 1 heterocycles. The molecule has 2 nitrogen and oxygen atoms in total. The Kier molecular flexibility index (Phi) is 23.2. The lowest BCUT2D eigenvalue weighted by molar-refractivity contribution is 0.131. The molecule has 0 aromatic heterocycles. The summed E-state index contributed by atoms with van der Waals surface area (Å²) in [5.74, 6) is 0. The largest absolute Gasteiger partial charge is 0.361 e. The Morgan fingerprint density at radius 1 is 0.525 bits per heavy atom. The molecule has 2 rings (SSSR count). The number of hydrogen-bond donors (Lipinski definition) is 0. The first-order valence-corrected chi connectivity index (χ1v) is 18.0. The molecule has 0 N–H and O–H groups in total. The van der Waals surface area contributed by atoms with Crippen molar-refractivity contribution in [1.29, 1.82) is 0 Å². The lowest BCUT2D eigenvalue weighted by atomic mass is 10.0. The van der Waals surface area contributed by atoms with E-state index in [0.29, 0.717) is 6.73 Å². The van der Waals surface area contributed by atoms with E-state index >= 15 is 0 Å². The average molecular weight is 554 g/mol. The van der Waals surface area contributed by atoms with Crippen LogP contribution in [0.25, 0.3) is 6.08 Å². The number of hydrogen-bond acceptors (Lipinski definition) is 2. The van der Waals surface area contributed by atoms with Gasteiger partial charge in [0.2, 0.25) is 0 Å². The lowest BCUT2D eigenvalue weighted by Gasteiger charge is -2.27. The third-order valence-corrected chi connectivity index (χ3v) is 8.79. The fourth-order valence-corrected chi connectivity index (χ4v) is 6.14. The standard InChI is InChI=1S/C38H67NO/c1-2-3-4-5-6-7-8-9-10-11-12-13-14-15-16-17-18-19-20-21-22-23-24-25-26-29-35-40-36-39-34-30-32-37-31-27-28-33-38(37)39/h27-28,30-33H,2-26,29,34-36H2,1H3. The Morgan fingerprint density at radius 3 is 1.38 bits per heavy atom. The van der Waals surface area contributed by atoms with Gasteiger partial charge in [-0.2, -0.15) is 0 Å². The minimum Gasteiger partial charge on any atom is -0.361 e. The minimum absolute atomic E-state index is 0.709. The normalized spacial score (nSPS) is 12.8. The lowest BCUT2D eigenvalue weighted by Crippen LogP contribution is -2.28. The molecule has 2 heteroatoms. The molecule has 230 valence electrons. The van der Waals surface area contributed by atoms with E-state index in [-0.39, 0.29) is 0 Å². The highest BCUT2D eigenvalue weighted by atomic mass is 16.5. The van der Waals surface area contributed by atoms with Crippen LogP contribution < -0.4 is 4.90 Å². The van der Waals surface area contributed by atoms with Crippen molar-refractivity contribution in [3.8, 4) is 0 Å². The van der Waals surface area contributed by atoms with Crippen LogP contribution in [-0.4, -0.2) is 19.9 Å². The smallest absolute Gasteiger partial charge is 0.119 e. The van der Waals surface area contributed by atoms with E-state index in [4.69, 9.17) is 4.74 Å². The molecule has 40 heavy (non-hydrogen) atoms. The fourth-order valence-electron chi connectivity index (χ4n) is 6.14. The molecule has 0 spiro atoms. The molecule has 0 radical (unpaired) electrons. The number of fused-ring (bicyclic) bond motifs is 1. The zero-order valence-corrected chi connectivity index (χ0v) is 26.8. The molecule has 0 bridgehead atoms.